The van der Waals surface area contributed by atoms with E-state index in [9.17, 15) is 22.8 Å². The van der Waals surface area contributed by atoms with Gasteiger partial charge in [-0.3, -0.25) is 9.59 Å². The Kier molecular flexibility index (Phi) is 8.87. The third kappa shape index (κ3) is 5.86. The Bertz CT molecular complexity index is 1020. The van der Waals surface area contributed by atoms with E-state index in [1.807, 2.05) is 20.8 Å². The molecule has 2 unspecified atom stereocenters. The maximum atomic E-state index is 13.4. The Labute approximate surface area is 264 Å². The fraction of sp³-hybridized carbons (Fsp3) is 0.946. The van der Waals surface area contributed by atoms with Gasteiger partial charge in [0.2, 0.25) is 0 Å². The van der Waals surface area contributed by atoms with Gasteiger partial charge in [-0.2, -0.15) is 13.2 Å². The number of hydrogen-bond donors (Lipinski definition) is 0. The second-order valence-electron chi connectivity index (χ2n) is 17.7. The van der Waals surface area contributed by atoms with Crippen LogP contribution in [0.15, 0.2) is 0 Å². The highest BCUT2D eigenvalue weighted by Crippen LogP contribution is 2.66. The molecule has 7 heteroatoms. The number of hydrogen-bond acceptors (Lipinski definition) is 4. The van der Waals surface area contributed by atoms with Gasteiger partial charge in [0, 0.05) is 10.8 Å². The van der Waals surface area contributed by atoms with E-state index >= 15 is 0 Å². The maximum absolute atomic E-state index is 13.4. The van der Waals surface area contributed by atoms with Crippen LogP contribution in [0.25, 0.3) is 0 Å². The Morgan fingerprint density at radius 1 is 0.659 bits per heavy atom. The third-order valence-corrected chi connectivity index (χ3v) is 14.1. The molecular weight excluding hydrogens is 565 g/mol. The number of carbonyl (C=O) groups is 2. The summed E-state index contributed by atoms with van der Waals surface area (Å²) in [5.41, 5.74) is -3.43. The molecule has 44 heavy (non-hydrogen) atoms. The van der Waals surface area contributed by atoms with Gasteiger partial charge in [0.1, 0.15) is 11.2 Å². The van der Waals surface area contributed by atoms with E-state index in [-0.39, 0.29) is 34.7 Å². The van der Waals surface area contributed by atoms with E-state index in [1.165, 1.54) is 64.7 Å². The van der Waals surface area contributed by atoms with E-state index in [0.29, 0.717) is 17.8 Å². The zero-order valence-corrected chi connectivity index (χ0v) is 28.7. The van der Waals surface area contributed by atoms with Crippen LogP contribution in [0, 0.1) is 57.7 Å². The second kappa shape index (κ2) is 11.5. The molecule has 252 valence electrons. The molecule has 0 amide bonds. The van der Waals surface area contributed by atoms with Crippen molar-refractivity contribution in [3.63, 3.8) is 0 Å². The van der Waals surface area contributed by atoms with Gasteiger partial charge in [-0.1, -0.05) is 20.8 Å². The molecular formula is C37H59F3O4. The van der Waals surface area contributed by atoms with Gasteiger partial charge in [-0.05, 0) is 160 Å². The summed E-state index contributed by atoms with van der Waals surface area (Å²) in [5, 5.41) is 0. The van der Waals surface area contributed by atoms with E-state index in [1.54, 1.807) is 0 Å². The molecule has 2 atom stereocenters. The highest BCUT2D eigenvalue weighted by Gasteiger charge is 2.62. The van der Waals surface area contributed by atoms with E-state index in [0.717, 1.165) is 50.4 Å². The van der Waals surface area contributed by atoms with Crippen molar-refractivity contribution in [3.8, 4) is 0 Å². The number of ether oxygens (including phenoxy) is 2. The van der Waals surface area contributed by atoms with Crippen LogP contribution in [0.3, 0.4) is 0 Å². The first kappa shape index (κ1) is 34.1. The molecule has 0 aromatic carbocycles. The largest absolute Gasteiger partial charge is 0.459 e. The van der Waals surface area contributed by atoms with Crippen LogP contribution in [0.4, 0.5) is 13.2 Å². The molecule has 0 aliphatic heterocycles. The van der Waals surface area contributed by atoms with Gasteiger partial charge in [-0.15, -0.1) is 0 Å². The number of esters is 2. The molecule has 0 radical (unpaired) electrons. The predicted octanol–water partition coefficient (Wildman–Crippen LogP) is 10.1. The molecule has 0 spiro atoms. The SMILES string of the molecule is CCC(C)(C(=O)OC(C)(C)C12CC3CC(CC(C3)C1)C2)C(F)(F)F.CCC(C)C(=O)OC(C)(C)C12CC3CC(CC(C3)C1)C2. The second-order valence-corrected chi connectivity index (χ2v) is 17.7. The minimum absolute atomic E-state index is 0.00763. The van der Waals surface area contributed by atoms with Crippen molar-refractivity contribution >= 4 is 11.9 Å². The first-order valence-electron chi connectivity index (χ1n) is 17.8. The molecule has 0 N–H and O–H groups in total. The quantitative estimate of drug-likeness (QED) is 0.252. The average Bonchev–Trinajstić information content (AvgIpc) is 2.89. The Hall–Kier alpha value is -1.27. The molecule has 4 nitrogen and oxygen atoms in total. The van der Waals surface area contributed by atoms with Crippen LogP contribution in [-0.4, -0.2) is 29.3 Å². The van der Waals surface area contributed by atoms with Crippen molar-refractivity contribution in [1.82, 2.24) is 0 Å². The molecule has 8 rings (SSSR count). The van der Waals surface area contributed by atoms with Gasteiger partial charge < -0.3 is 9.47 Å². The summed E-state index contributed by atoms with van der Waals surface area (Å²) in [7, 11) is 0. The lowest BCUT2D eigenvalue weighted by Gasteiger charge is -2.61. The summed E-state index contributed by atoms with van der Waals surface area (Å²) in [6.45, 7) is 14.4. The third-order valence-electron chi connectivity index (χ3n) is 14.1. The van der Waals surface area contributed by atoms with Gasteiger partial charge in [0.05, 0.1) is 5.92 Å². The molecule has 0 aromatic heterocycles. The van der Waals surface area contributed by atoms with E-state index in [2.05, 4.69) is 20.8 Å². The summed E-state index contributed by atoms with van der Waals surface area (Å²) in [6, 6.07) is 0. The van der Waals surface area contributed by atoms with E-state index < -0.39 is 23.2 Å². The summed E-state index contributed by atoms with van der Waals surface area (Å²) < 4.78 is 51.9. The number of rotatable bonds is 8. The molecule has 0 heterocycles. The van der Waals surface area contributed by atoms with Crippen molar-refractivity contribution in [2.75, 3.05) is 0 Å². The van der Waals surface area contributed by atoms with Crippen LogP contribution in [0.1, 0.15) is 145 Å². The molecule has 8 aliphatic rings. The summed E-state index contributed by atoms with van der Waals surface area (Å²) in [6.07, 6.45) is 10.9. The van der Waals surface area contributed by atoms with Crippen molar-refractivity contribution in [2.24, 2.45) is 57.7 Å². The normalized spacial score (nSPS) is 39.2. The van der Waals surface area contributed by atoms with Crippen molar-refractivity contribution < 1.29 is 32.2 Å². The molecule has 0 saturated heterocycles. The molecule has 8 aliphatic carbocycles. The fourth-order valence-corrected chi connectivity index (χ4v) is 11.2. The van der Waals surface area contributed by atoms with E-state index in [4.69, 9.17) is 9.47 Å². The summed E-state index contributed by atoms with van der Waals surface area (Å²) in [5.74, 6) is 3.63. The number of halogens is 3. The first-order valence-corrected chi connectivity index (χ1v) is 17.8. The lowest BCUT2D eigenvalue weighted by molar-refractivity contribution is -0.249. The van der Waals surface area contributed by atoms with Crippen molar-refractivity contribution in [2.45, 2.75) is 163 Å². The van der Waals surface area contributed by atoms with Crippen LogP contribution in [-0.2, 0) is 19.1 Å². The maximum Gasteiger partial charge on any atom is 0.404 e. The van der Waals surface area contributed by atoms with Crippen molar-refractivity contribution in [1.29, 1.82) is 0 Å². The minimum Gasteiger partial charge on any atom is -0.459 e. The monoisotopic (exact) mass is 624 g/mol. The summed E-state index contributed by atoms with van der Waals surface area (Å²) >= 11 is 0. The lowest BCUT2D eigenvalue weighted by atomic mass is 9.46. The Morgan fingerprint density at radius 3 is 1.25 bits per heavy atom. The first-order chi connectivity index (χ1) is 20.3. The zero-order valence-electron chi connectivity index (χ0n) is 28.7. The highest BCUT2D eigenvalue weighted by molar-refractivity contribution is 5.78. The predicted molar refractivity (Wildman–Crippen MR) is 165 cm³/mol. The molecule has 0 aromatic rings. The standard InChI is InChI=1S/C19H29F3O2.C18H30O2/c1-5-17(4,19(20,21)22)15(23)24-16(2,3)18-9-12-6-13(10-18)8-14(7-12)11-18;1-5-12(2)16(19)20-17(3,4)18-9-13-6-14(10-18)8-15(7-13)11-18/h12-14H,5-11H2,1-4H3;12-15H,5-11H2,1-4H3. The zero-order chi connectivity index (χ0) is 32.5. The molecule has 8 saturated carbocycles. The van der Waals surface area contributed by atoms with Crippen molar-refractivity contribution in [3.05, 3.63) is 0 Å². The lowest BCUT2D eigenvalue weighted by Crippen LogP contribution is -2.58. The Morgan fingerprint density at radius 2 is 0.977 bits per heavy atom. The van der Waals surface area contributed by atoms with Gasteiger partial charge in [0.25, 0.3) is 0 Å². The number of alkyl halides is 3. The smallest absolute Gasteiger partial charge is 0.404 e. The topological polar surface area (TPSA) is 52.6 Å². The fourth-order valence-electron chi connectivity index (χ4n) is 11.2. The minimum atomic E-state index is -4.59. The van der Waals surface area contributed by atoms with Crippen LogP contribution in [0.5, 0.6) is 0 Å². The van der Waals surface area contributed by atoms with Gasteiger partial charge in [-0.25, -0.2) is 0 Å². The molecule has 8 fully saturated rings. The summed E-state index contributed by atoms with van der Waals surface area (Å²) in [4.78, 5) is 24.8. The Balaban J connectivity index is 0.000000177. The van der Waals surface area contributed by atoms with Gasteiger partial charge in [0.15, 0.2) is 5.41 Å². The van der Waals surface area contributed by atoms with Crippen LogP contribution < -0.4 is 0 Å². The van der Waals surface area contributed by atoms with Crippen LogP contribution in [0.2, 0.25) is 0 Å². The molecule has 8 bridgehead atoms. The average molecular weight is 625 g/mol. The van der Waals surface area contributed by atoms with Gasteiger partial charge >= 0.3 is 18.1 Å². The highest BCUT2D eigenvalue weighted by atomic mass is 19.4. The number of carbonyl (C=O) groups excluding carboxylic acids is 2. The van der Waals surface area contributed by atoms with Crippen LogP contribution >= 0.6 is 0 Å².